The summed E-state index contributed by atoms with van der Waals surface area (Å²) in [5, 5.41) is 4.36. The maximum absolute atomic E-state index is 13.2. The third-order valence-corrected chi connectivity index (χ3v) is 5.09. The van der Waals surface area contributed by atoms with Crippen molar-refractivity contribution < 1.29 is 18.4 Å². The van der Waals surface area contributed by atoms with Crippen molar-refractivity contribution in [3.63, 3.8) is 0 Å². The lowest BCUT2D eigenvalue weighted by Gasteiger charge is -2.17. The molecule has 4 rings (SSSR count). The summed E-state index contributed by atoms with van der Waals surface area (Å²) in [5.41, 5.74) is 1.39. The SMILES string of the molecule is COc1ccccc1-c1nc(C2CC(=O)N(Cc3ccc(F)cc3Cl)C2)no1. The minimum absolute atomic E-state index is 0.0333. The Labute approximate surface area is 165 Å². The molecule has 1 aliphatic heterocycles. The first kappa shape index (κ1) is 18.4. The Morgan fingerprint density at radius 3 is 2.93 bits per heavy atom. The van der Waals surface area contributed by atoms with Gasteiger partial charge < -0.3 is 14.2 Å². The minimum Gasteiger partial charge on any atom is -0.496 e. The topological polar surface area (TPSA) is 68.5 Å². The predicted octanol–water partition coefficient (Wildman–Crippen LogP) is 4.05. The Bertz CT molecular complexity index is 1020. The van der Waals surface area contributed by atoms with E-state index in [1.54, 1.807) is 18.1 Å². The highest BCUT2D eigenvalue weighted by atomic mass is 35.5. The van der Waals surface area contributed by atoms with Crippen molar-refractivity contribution >= 4 is 17.5 Å². The van der Waals surface area contributed by atoms with Crippen LogP contribution >= 0.6 is 11.6 Å². The van der Waals surface area contributed by atoms with E-state index >= 15 is 0 Å². The molecule has 1 saturated heterocycles. The van der Waals surface area contributed by atoms with Crippen LogP contribution in [0.4, 0.5) is 4.39 Å². The molecule has 6 nitrogen and oxygen atoms in total. The zero-order valence-electron chi connectivity index (χ0n) is 15.1. The van der Waals surface area contributed by atoms with Gasteiger partial charge in [-0.2, -0.15) is 4.98 Å². The molecule has 0 spiro atoms. The summed E-state index contributed by atoms with van der Waals surface area (Å²) in [6, 6.07) is 11.5. The van der Waals surface area contributed by atoms with Crippen molar-refractivity contribution in [2.45, 2.75) is 18.9 Å². The average molecular weight is 402 g/mol. The molecule has 144 valence electrons. The fourth-order valence-electron chi connectivity index (χ4n) is 3.28. The maximum atomic E-state index is 13.2. The number of ether oxygens (including phenoxy) is 1. The number of methoxy groups -OCH3 is 1. The van der Waals surface area contributed by atoms with Gasteiger partial charge in [-0.05, 0) is 29.8 Å². The molecule has 0 radical (unpaired) electrons. The van der Waals surface area contributed by atoms with Gasteiger partial charge in [0.15, 0.2) is 5.82 Å². The Balaban J connectivity index is 1.51. The number of para-hydroxylation sites is 1. The number of hydrogen-bond acceptors (Lipinski definition) is 5. The Hall–Kier alpha value is -2.93. The average Bonchev–Trinajstić information content (AvgIpc) is 3.31. The molecule has 0 aliphatic carbocycles. The molecule has 2 aromatic carbocycles. The molecule has 1 amide bonds. The van der Waals surface area contributed by atoms with E-state index in [1.807, 2.05) is 24.3 Å². The van der Waals surface area contributed by atoms with Crippen LogP contribution in [0.2, 0.25) is 5.02 Å². The van der Waals surface area contributed by atoms with Crippen LogP contribution in [0, 0.1) is 5.82 Å². The number of benzene rings is 2. The number of aromatic nitrogens is 2. The van der Waals surface area contributed by atoms with Crippen LogP contribution in [0.3, 0.4) is 0 Å². The summed E-state index contributed by atoms with van der Waals surface area (Å²) in [6.45, 7) is 0.753. The molecule has 2 heterocycles. The van der Waals surface area contributed by atoms with Gasteiger partial charge in [-0.15, -0.1) is 0 Å². The summed E-state index contributed by atoms with van der Waals surface area (Å²) in [6.07, 6.45) is 0.281. The lowest BCUT2D eigenvalue weighted by atomic mass is 10.1. The number of amides is 1. The molecule has 28 heavy (non-hydrogen) atoms. The number of nitrogens with zero attached hydrogens (tertiary/aromatic N) is 3. The van der Waals surface area contributed by atoms with Crippen LogP contribution in [0.25, 0.3) is 11.5 Å². The first-order chi connectivity index (χ1) is 13.5. The number of likely N-dealkylation sites (tertiary alicyclic amines) is 1. The van der Waals surface area contributed by atoms with Gasteiger partial charge in [0.2, 0.25) is 5.91 Å². The molecule has 1 unspecified atom stereocenters. The number of hydrogen-bond donors (Lipinski definition) is 0. The highest BCUT2D eigenvalue weighted by Gasteiger charge is 2.34. The van der Waals surface area contributed by atoms with Crippen molar-refractivity contribution in [2.24, 2.45) is 0 Å². The Kier molecular flexibility index (Phi) is 5.00. The third kappa shape index (κ3) is 3.57. The molecule has 0 bridgehead atoms. The summed E-state index contributed by atoms with van der Waals surface area (Å²) in [7, 11) is 1.57. The van der Waals surface area contributed by atoms with E-state index in [9.17, 15) is 9.18 Å². The van der Waals surface area contributed by atoms with E-state index in [-0.39, 0.29) is 18.2 Å². The molecule has 1 fully saturated rings. The Morgan fingerprint density at radius 2 is 2.14 bits per heavy atom. The molecule has 8 heteroatoms. The van der Waals surface area contributed by atoms with Crippen LogP contribution in [0.15, 0.2) is 47.0 Å². The van der Waals surface area contributed by atoms with Gasteiger partial charge in [0.1, 0.15) is 11.6 Å². The number of halogens is 2. The van der Waals surface area contributed by atoms with E-state index in [4.69, 9.17) is 20.9 Å². The van der Waals surface area contributed by atoms with E-state index in [0.717, 1.165) is 0 Å². The zero-order valence-corrected chi connectivity index (χ0v) is 15.8. The highest BCUT2D eigenvalue weighted by Crippen LogP contribution is 2.32. The highest BCUT2D eigenvalue weighted by molar-refractivity contribution is 6.31. The Morgan fingerprint density at radius 1 is 1.32 bits per heavy atom. The number of rotatable bonds is 5. The first-order valence-corrected chi connectivity index (χ1v) is 9.11. The minimum atomic E-state index is -0.407. The van der Waals surface area contributed by atoms with Gasteiger partial charge >= 0.3 is 0 Å². The molecular formula is C20H17ClFN3O3. The smallest absolute Gasteiger partial charge is 0.261 e. The van der Waals surface area contributed by atoms with E-state index < -0.39 is 5.82 Å². The van der Waals surface area contributed by atoms with E-state index in [0.29, 0.717) is 46.7 Å². The molecular weight excluding hydrogens is 385 g/mol. The zero-order chi connectivity index (χ0) is 19.7. The van der Waals surface area contributed by atoms with Gasteiger partial charge in [0, 0.05) is 30.5 Å². The van der Waals surface area contributed by atoms with Gasteiger partial charge in [-0.1, -0.05) is 35.0 Å². The predicted molar refractivity (Wildman–Crippen MR) is 100 cm³/mol. The van der Waals surface area contributed by atoms with Crippen LogP contribution < -0.4 is 4.74 Å². The summed E-state index contributed by atoms with van der Waals surface area (Å²) >= 11 is 6.08. The number of carbonyl (C=O) groups excluding carboxylic acids is 1. The largest absolute Gasteiger partial charge is 0.496 e. The van der Waals surface area contributed by atoms with Crippen molar-refractivity contribution in [3.05, 3.63) is 64.7 Å². The second-order valence-corrected chi connectivity index (χ2v) is 6.98. The standard InChI is InChI=1S/C20H17ClFN3O3/c1-27-17-5-3-2-4-15(17)20-23-19(24-28-20)13-8-18(26)25(11-13)10-12-6-7-14(22)9-16(12)21/h2-7,9,13H,8,10-11H2,1H3. The van der Waals surface area contributed by atoms with Crippen LogP contribution in [0.1, 0.15) is 23.7 Å². The molecule has 1 atom stereocenters. The van der Waals surface area contributed by atoms with Crippen LogP contribution in [0.5, 0.6) is 5.75 Å². The molecule has 0 N–H and O–H groups in total. The number of carbonyl (C=O) groups is 1. The van der Waals surface area contributed by atoms with Crippen molar-refractivity contribution in [3.8, 4) is 17.2 Å². The van der Waals surface area contributed by atoms with E-state index in [1.165, 1.54) is 12.1 Å². The first-order valence-electron chi connectivity index (χ1n) is 8.74. The lowest BCUT2D eigenvalue weighted by molar-refractivity contribution is -0.128. The molecule has 1 aromatic heterocycles. The maximum Gasteiger partial charge on any atom is 0.261 e. The summed E-state index contributed by atoms with van der Waals surface area (Å²) in [4.78, 5) is 18.6. The second kappa shape index (κ2) is 7.59. The molecule has 3 aromatic rings. The fourth-order valence-corrected chi connectivity index (χ4v) is 3.51. The summed E-state index contributed by atoms with van der Waals surface area (Å²) < 4.78 is 23.9. The quantitative estimate of drug-likeness (QED) is 0.645. The van der Waals surface area contributed by atoms with Gasteiger partial charge in [-0.25, -0.2) is 4.39 Å². The van der Waals surface area contributed by atoms with Crippen LogP contribution in [-0.4, -0.2) is 34.6 Å². The third-order valence-electron chi connectivity index (χ3n) is 4.74. The molecule has 1 aliphatic rings. The second-order valence-electron chi connectivity index (χ2n) is 6.57. The van der Waals surface area contributed by atoms with Gasteiger partial charge in [0.25, 0.3) is 5.89 Å². The monoisotopic (exact) mass is 401 g/mol. The van der Waals surface area contributed by atoms with Crippen LogP contribution in [-0.2, 0) is 11.3 Å². The summed E-state index contributed by atoms with van der Waals surface area (Å²) in [5.74, 6) is 0.831. The van der Waals surface area contributed by atoms with Crippen molar-refractivity contribution in [1.82, 2.24) is 15.0 Å². The van der Waals surface area contributed by atoms with Gasteiger partial charge in [0.05, 0.1) is 12.7 Å². The van der Waals surface area contributed by atoms with Crippen molar-refractivity contribution in [2.75, 3.05) is 13.7 Å². The molecule has 0 saturated carbocycles. The van der Waals surface area contributed by atoms with Gasteiger partial charge in [-0.3, -0.25) is 4.79 Å². The lowest BCUT2D eigenvalue weighted by Crippen LogP contribution is -2.24. The van der Waals surface area contributed by atoms with Crippen molar-refractivity contribution in [1.29, 1.82) is 0 Å². The fraction of sp³-hybridized carbons (Fsp3) is 0.250. The normalized spacial score (nSPS) is 16.6. The van der Waals surface area contributed by atoms with E-state index in [2.05, 4.69) is 10.1 Å².